The van der Waals surface area contributed by atoms with Crippen molar-refractivity contribution in [3.05, 3.63) is 58.7 Å². The Morgan fingerprint density at radius 1 is 1.14 bits per heavy atom. The number of thioether (sulfide) groups is 1. The summed E-state index contributed by atoms with van der Waals surface area (Å²) in [4.78, 5) is 9.42. The molecule has 0 aliphatic carbocycles. The first-order chi connectivity index (χ1) is 13.3. The third-order valence-corrected chi connectivity index (χ3v) is 5.27. The van der Waals surface area contributed by atoms with Crippen LogP contribution in [0.1, 0.15) is 13.8 Å². The summed E-state index contributed by atoms with van der Waals surface area (Å²) < 4.78 is 0. The Morgan fingerprint density at radius 3 is 2.61 bits per heavy atom. The summed E-state index contributed by atoms with van der Waals surface area (Å²) in [6, 6.07) is 12.5. The van der Waals surface area contributed by atoms with Gasteiger partial charge >= 0.3 is 0 Å². The first-order valence-electron chi connectivity index (χ1n) is 8.44. The average Bonchev–Trinajstić information content (AvgIpc) is 2.65. The van der Waals surface area contributed by atoms with Crippen molar-refractivity contribution in [3.63, 3.8) is 0 Å². The average molecular weight is 436 g/mol. The number of nitrogens with zero attached hydrogens (tertiary/aromatic N) is 3. The zero-order chi connectivity index (χ0) is 20.3. The van der Waals surface area contributed by atoms with Gasteiger partial charge in [-0.1, -0.05) is 49.2 Å². The Hall–Kier alpha value is -2.19. The molecule has 1 aromatic heterocycles. The van der Waals surface area contributed by atoms with Crippen molar-refractivity contribution in [1.29, 1.82) is 0 Å². The molecule has 0 spiro atoms. The lowest BCUT2D eigenvalue weighted by Gasteiger charge is -2.21. The molecule has 3 aromatic rings. The normalized spacial score (nSPS) is 10.9. The maximum atomic E-state index is 10.8. The Bertz CT molecular complexity index is 986. The molecular weight excluding hydrogens is 417 g/mol. The largest absolute Gasteiger partial charge is 0.399 e. The number of nitrogens with one attached hydrogen (secondary N) is 1. The van der Waals surface area contributed by atoms with Gasteiger partial charge < -0.3 is 11.1 Å². The highest BCUT2D eigenvalue weighted by Crippen LogP contribution is 2.37. The molecule has 0 aliphatic rings. The van der Waals surface area contributed by atoms with E-state index >= 15 is 0 Å². The summed E-state index contributed by atoms with van der Waals surface area (Å²) in [5, 5.41) is 15.8. The number of para-hydroxylation sites is 1. The SMILES string of the molecule is CC(C)Sc1ccccc1N(O)c1nc(Nc2ccc(N)cc2Cl)ncc1Cl. The van der Waals surface area contributed by atoms with Gasteiger partial charge in [0.2, 0.25) is 5.95 Å². The lowest BCUT2D eigenvalue weighted by molar-refractivity contribution is 0.296. The van der Waals surface area contributed by atoms with Crippen LogP contribution in [0.5, 0.6) is 0 Å². The first kappa shape index (κ1) is 20.5. The van der Waals surface area contributed by atoms with E-state index in [9.17, 15) is 5.21 Å². The first-order valence-corrected chi connectivity index (χ1v) is 10.1. The van der Waals surface area contributed by atoms with Crippen LogP contribution in [0.15, 0.2) is 53.6 Å². The van der Waals surface area contributed by atoms with Crippen molar-refractivity contribution in [3.8, 4) is 0 Å². The summed E-state index contributed by atoms with van der Waals surface area (Å²) in [5.41, 5.74) is 7.43. The predicted octanol–water partition coefficient (Wildman–Crippen LogP) is 6.14. The molecule has 0 atom stereocenters. The molecule has 9 heteroatoms. The summed E-state index contributed by atoms with van der Waals surface area (Å²) in [7, 11) is 0. The highest BCUT2D eigenvalue weighted by atomic mass is 35.5. The molecule has 2 aromatic carbocycles. The van der Waals surface area contributed by atoms with E-state index in [2.05, 4.69) is 29.1 Å². The van der Waals surface area contributed by atoms with Gasteiger partial charge in [0.15, 0.2) is 5.82 Å². The van der Waals surface area contributed by atoms with E-state index in [1.54, 1.807) is 36.0 Å². The molecule has 0 fully saturated rings. The Balaban J connectivity index is 1.93. The smallest absolute Gasteiger partial charge is 0.229 e. The molecule has 6 nitrogen and oxygen atoms in total. The lowest BCUT2D eigenvalue weighted by Crippen LogP contribution is -2.15. The highest BCUT2D eigenvalue weighted by molar-refractivity contribution is 8.00. The van der Waals surface area contributed by atoms with Crippen LogP contribution < -0.4 is 16.1 Å². The van der Waals surface area contributed by atoms with Crippen molar-refractivity contribution in [1.82, 2.24) is 9.97 Å². The summed E-state index contributed by atoms with van der Waals surface area (Å²) in [5.74, 6) is 0.390. The van der Waals surface area contributed by atoms with Gasteiger partial charge in [0.1, 0.15) is 5.02 Å². The Labute approximate surface area is 177 Å². The van der Waals surface area contributed by atoms with E-state index in [4.69, 9.17) is 28.9 Å². The Morgan fingerprint density at radius 2 is 1.89 bits per heavy atom. The molecule has 28 heavy (non-hydrogen) atoms. The number of rotatable bonds is 6. The number of benzene rings is 2. The number of aromatic nitrogens is 2. The number of halogens is 2. The van der Waals surface area contributed by atoms with Crippen LogP contribution in [0.25, 0.3) is 0 Å². The molecule has 0 radical (unpaired) electrons. The second-order valence-corrected chi connectivity index (χ2v) is 8.61. The molecule has 3 rings (SSSR count). The molecule has 4 N–H and O–H groups in total. The zero-order valence-corrected chi connectivity index (χ0v) is 17.6. The lowest BCUT2D eigenvalue weighted by atomic mass is 10.3. The number of hydrogen-bond acceptors (Lipinski definition) is 7. The van der Waals surface area contributed by atoms with Gasteiger partial charge in [0.25, 0.3) is 0 Å². The molecular formula is C19H19Cl2N5OS. The van der Waals surface area contributed by atoms with Gasteiger partial charge in [-0.25, -0.2) is 10.0 Å². The third kappa shape index (κ3) is 4.80. The van der Waals surface area contributed by atoms with Gasteiger partial charge in [0, 0.05) is 15.8 Å². The monoisotopic (exact) mass is 435 g/mol. The molecule has 0 bridgehead atoms. The van der Waals surface area contributed by atoms with Crippen LogP contribution >= 0.6 is 35.0 Å². The summed E-state index contributed by atoms with van der Waals surface area (Å²) in [6.07, 6.45) is 1.42. The summed E-state index contributed by atoms with van der Waals surface area (Å²) >= 11 is 14.1. The van der Waals surface area contributed by atoms with Crippen molar-refractivity contribution < 1.29 is 5.21 Å². The zero-order valence-electron chi connectivity index (χ0n) is 15.2. The Kier molecular flexibility index (Phi) is 6.51. The van der Waals surface area contributed by atoms with Crippen LogP contribution in [-0.4, -0.2) is 20.4 Å². The van der Waals surface area contributed by atoms with Crippen LogP contribution in [0, 0.1) is 0 Å². The second kappa shape index (κ2) is 8.87. The van der Waals surface area contributed by atoms with Crippen molar-refractivity contribution in [2.75, 3.05) is 16.1 Å². The predicted molar refractivity (Wildman–Crippen MR) is 118 cm³/mol. The molecule has 0 aliphatic heterocycles. The molecule has 1 heterocycles. The second-order valence-electron chi connectivity index (χ2n) is 6.18. The van der Waals surface area contributed by atoms with E-state index in [0.717, 1.165) is 9.96 Å². The van der Waals surface area contributed by atoms with Crippen LogP contribution in [-0.2, 0) is 0 Å². The highest BCUT2D eigenvalue weighted by Gasteiger charge is 2.18. The van der Waals surface area contributed by atoms with Crippen LogP contribution in [0.4, 0.5) is 28.8 Å². The van der Waals surface area contributed by atoms with E-state index in [1.165, 1.54) is 6.20 Å². The fraction of sp³-hybridized carbons (Fsp3) is 0.158. The van der Waals surface area contributed by atoms with Crippen LogP contribution in [0.2, 0.25) is 10.0 Å². The maximum absolute atomic E-state index is 10.8. The molecule has 0 saturated heterocycles. The van der Waals surface area contributed by atoms with E-state index < -0.39 is 0 Å². The van der Waals surface area contributed by atoms with Gasteiger partial charge in [-0.2, -0.15) is 4.98 Å². The van der Waals surface area contributed by atoms with Gasteiger partial charge in [0.05, 0.1) is 22.6 Å². The molecule has 146 valence electrons. The third-order valence-electron chi connectivity index (χ3n) is 3.62. The van der Waals surface area contributed by atoms with Crippen molar-refractivity contribution in [2.45, 2.75) is 24.0 Å². The standard InChI is InChI=1S/C19H19Cl2N5OS/c1-11(2)28-17-6-4-3-5-16(17)26(27)18-14(21)10-23-19(25-18)24-15-8-7-12(22)9-13(15)20/h3-11,27H,22H2,1-2H3,(H,23,24,25). The maximum Gasteiger partial charge on any atom is 0.229 e. The van der Waals surface area contributed by atoms with Crippen molar-refractivity contribution in [2.24, 2.45) is 0 Å². The minimum atomic E-state index is 0.155. The number of hydrogen-bond donors (Lipinski definition) is 3. The number of nitrogens with two attached hydrogens (primary N) is 1. The number of nitrogen functional groups attached to an aromatic ring is 1. The quantitative estimate of drug-likeness (QED) is 0.243. The van der Waals surface area contributed by atoms with E-state index in [1.807, 2.05) is 18.2 Å². The van der Waals surface area contributed by atoms with Gasteiger partial charge in [-0.3, -0.25) is 5.21 Å². The van der Waals surface area contributed by atoms with Crippen molar-refractivity contribution >= 4 is 63.8 Å². The van der Waals surface area contributed by atoms with E-state index in [-0.39, 0.29) is 16.8 Å². The van der Waals surface area contributed by atoms with E-state index in [0.29, 0.717) is 27.3 Å². The van der Waals surface area contributed by atoms with Gasteiger partial charge in [-0.05, 0) is 30.3 Å². The van der Waals surface area contributed by atoms with Gasteiger partial charge in [-0.15, -0.1) is 11.8 Å². The fourth-order valence-electron chi connectivity index (χ4n) is 2.42. The minimum absolute atomic E-state index is 0.155. The minimum Gasteiger partial charge on any atom is -0.399 e. The topological polar surface area (TPSA) is 87.3 Å². The van der Waals surface area contributed by atoms with Crippen LogP contribution in [0.3, 0.4) is 0 Å². The molecule has 0 amide bonds. The summed E-state index contributed by atoms with van der Waals surface area (Å²) in [6.45, 7) is 4.17. The molecule has 0 saturated carbocycles. The molecule has 0 unspecified atom stereocenters. The fourth-order valence-corrected chi connectivity index (χ4v) is 3.77. The number of anilines is 5.